The second-order valence-corrected chi connectivity index (χ2v) is 5.63. The van der Waals surface area contributed by atoms with Crippen molar-refractivity contribution in [3.05, 3.63) is 65.7 Å². The summed E-state index contributed by atoms with van der Waals surface area (Å²) in [6, 6.07) is 15.5. The maximum Gasteiger partial charge on any atom is 0.337 e. The molecule has 25 heavy (non-hydrogen) atoms. The van der Waals surface area contributed by atoms with Crippen molar-refractivity contribution in [2.45, 2.75) is 19.1 Å². The fraction of sp³-hybridized carbons (Fsp3) is 0.211. The molecule has 0 aliphatic carbocycles. The van der Waals surface area contributed by atoms with E-state index in [9.17, 15) is 14.4 Å². The van der Waals surface area contributed by atoms with Crippen molar-refractivity contribution in [3.63, 3.8) is 0 Å². The molecule has 1 amide bonds. The van der Waals surface area contributed by atoms with E-state index < -0.39 is 24.1 Å². The lowest BCUT2D eigenvalue weighted by atomic mass is 9.89. The standard InChI is InChI=1S/C19H17NO5/c1-12(21)25-17-16(13-6-4-3-5-7-13)20(18(17)22)15-10-8-14(9-11-15)19(23)24-2/h3-11,16-17H,1-2H3/t16-,17-/m0/s1. The van der Waals surface area contributed by atoms with Crippen molar-refractivity contribution in [2.24, 2.45) is 0 Å². The number of β-lactam (4-membered cyclic amide) rings is 1. The molecule has 0 saturated carbocycles. The van der Waals surface area contributed by atoms with Crippen molar-refractivity contribution < 1.29 is 23.9 Å². The molecule has 1 aliphatic heterocycles. The minimum atomic E-state index is -0.847. The van der Waals surface area contributed by atoms with E-state index in [0.717, 1.165) is 5.56 Å². The van der Waals surface area contributed by atoms with Crippen LogP contribution in [-0.4, -0.2) is 31.1 Å². The van der Waals surface area contributed by atoms with E-state index in [-0.39, 0.29) is 5.91 Å². The van der Waals surface area contributed by atoms with Gasteiger partial charge >= 0.3 is 11.9 Å². The van der Waals surface area contributed by atoms with Gasteiger partial charge in [-0.3, -0.25) is 14.5 Å². The van der Waals surface area contributed by atoms with E-state index in [0.29, 0.717) is 11.3 Å². The quantitative estimate of drug-likeness (QED) is 0.632. The Kier molecular flexibility index (Phi) is 4.52. The minimum Gasteiger partial charge on any atom is -0.465 e. The first-order valence-electron chi connectivity index (χ1n) is 7.76. The number of ether oxygens (including phenoxy) is 2. The predicted molar refractivity (Wildman–Crippen MR) is 90.0 cm³/mol. The third-order valence-corrected chi connectivity index (χ3v) is 4.05. The molecule has 2 atom stereocenters. The molecule has 6 nitrogen and oxygen atoms in total. The Balaban J connectivity index is 1.92. The number of hydrogen-bond acceptors (Lipinski definition) is 5. The molecule has 0 bridgehead atoms. The van der Waals surface area contributed by atoms with Crippen LogP contribution in [0.2, 0.25) is 0 Å². The molecule has 6 heteroatoms. The summed E-state index contributed by atoms with van der Waals surface area (Å²) in [5.74, 6) is -1.24. The number of rotatable bonds is 4. The summed E-state index contributed by atoms with van der Waals surface area (Å²) in [7, 11) is 1.31. The Morgan fingerprint density at radius 1 is 1.00 bits per heavy atom. The zero-order chi connectivity index (χ0) is 18.0. The smallest absolute Gasteiger partial charge is 0.337 e. The second-order valence-electron chi connectivity index (χ2n) is 5.63. The summed E-state index contributed by atoms with van der Waals surface area (Å²) in [6.45, 7) is 1.28. The lowest BCUT2D eigenvalue weighted by Gasteiger charge is -2.46. The normalized spacial score (nSPS) is 19.1. The monoisotopic (exact) mass is 339 g/mol. The Labute approximate surface area is 145 Å². The molecule has 2 aromatic carbocycles. The Morgan fingerprint density at radius 2 is 1.64 bits per heavy atom. The minimum absolute atomic E-state index is 0.296. The molecule has 0 radical (unpaired) electrons. The summed E-state index contributed by atoms with van der Waals surface area (Å²) < 4.78 is 9.86. The van der Waals surface area contributed by atoms with Crippen molar-refractivity contribution in [2.75, 3.05) is 12.0 Å². The molecule has 128 valence electrons. The lowest BCUT2D eigenvalue weighted by molar-refractivity contribution is -0.160. The summed E-state index contributed by atoms with van der Waals surface area (Å²) in [4.78, 5) is 36.9. The first kappa shape index (κ1) is 16.7. The van der Waals surface area contributed by atoms with Gasteiger partial charge in [0, 0.05) is 12.6 Å². The van der Waals surface area contributed by atoms with Crippen LogP contribution in [0.4, 0.5) is 5.69 Å². The number of esters is 2. The van der Waals surface area contributed by atoms with Crippen LogP contribution in [0.5, 0.6) is 0 Å². The van der Waals surface area contributed by atoms with Crippen LogP contribution in [0.1, 0.15) is 28.9 Å². The summed E-state index contributed by atoms with van der Waals surface area (Å²) >= 11 is 0. The number of hydrogen-bond donors (Lipinski definition) is 0. The Hall–Kier alpha value is -3.15. The molecule has 1 saturated heterocycles. The van der Waals surface area contributed by atoms with Gasteiger partial charge in [0.15, 0.2) is 0 Å². The SMILES string of the molecule is COC(=O)c1ccc(N2C(=O)[C@@H](OC(C)=O)[C@@H]2c2ccccc2)cc1. The summed E-state index contributed by atoms with van der Waals surface area (Å²) in [6.07, 6.45) is -0.847. The van der Waals surface area contributed by atoms with Gasteiger partial charge in [-0.05, 0) is 29.8 Å². The molecule has 3 rings (SSSR count). The highest BCUT2D eigenvalue weighted by atomic mass is 16.6. The number of nitrogens with zero attached hydrogens (tertiary/aromatic N) is 1. The molecule has 1 heterocycles. The molecule has 0 unspecified atom stereocenters. The number of carbonyl (C=O) groups excluding carboxylic acids is 3. The van der Waals surface area contributed by atoms with Crippen LogP contribution in [0, 0.1) is 0 Å². The van der Waals surface area contributed by atoms with Crippen molar-refractivity contribution >= 4 is 23.5 Å². The van der Waals surface area contributed by atoms with Gasteiger partial charge in [0.25, 0.3) is 5.91 Å². The highest BCUT2D eigenvalue weighted by molar-refractivity contribution is 6.06. The molecule has 1 aliphatic rings. The zero-order valence-electron chi connectivity index (χ0n) is 13.8. The van der Waals surface area contributed by atoms with Crippen LogP contribution < -0.4 is 4.90 Å². The van der Waals surface area contributed by atoms with Gasteiger partial charge in [-0.25, -0.2) is 4.79 Å². The van der Waals surface area contributed by atoms with Gasteiger partial charge in [-0.15, -0.1) is 0 Å². The van der Waals surface area contributed by atoms with E-state index in [2.05, 4.69) is 4.74 Å². The number of amides is 1. The highest BCUT2D eigenvalue weighted by Gasteiger charge is 2.51. The van der Waals surface area contributed by atoms with Crippen LogP contribution in [0.25, 0.3) is 0 Å². The van der Waals surface area contributed by atoms with E-state index >= 15 is 0 Å². The molecule has 0 N–H and O–H groups in total. The Bertz CT molecular complexity index is 800. The van der Waals surface area contributed by atoms with Crippen LogP contribution >= 0.6 is 0 Å². The van der Waals surface area contributed by atoms with Gasteiger partial charge < -0.3 is 9.47 Å². The molecule has 0 aromatic heterocycles. The highest BCUT2D eigenvalue weighted by Crippen LogP contribution is 2.40. The number of anilines is 1. The number of carbonyl (C=O) groups is 3. The van der Waals surface area contributed by atoms with Crippen LogP contribution in [0.15, 0.2) is 54.6 Å². The first-order valence-corrected chi connectivity index (χ1v) is 7.76. The fourth-order valence-electron chi connectivity index (χ4n) is 2.89. The Morgan fingerprint density at radius 3 is 2.20 bits per heavy atom. The lowest BCUT2D eigenvalue weighted by Crippen LogP contribution is -2.60. The zero-order valence-corrected chi connectivity index (χ0v) is 13.8. The van der Waals surface area contributed by atoms with Gasteiger partial charge in [0.1, 0.15) is 6.04 Å². The van der Waals surface area contributed by atoms with Crippen LogP contribution in [0.3, 0.4) is 0 Å². The fourth-order valence-corrected chi connectivity index (χ4v) is 2.89. The van der Waals surface area contributed by atoms with E-state index in [4.69, 9.17) is 4.74 Å². The van der Waals surface area contributed by atoms with Crippen molar-refractivity contribution in [1.82, 2.24) is 0 Å². The average molecular weight is 339 g/mol. The molecular formula is C19H17NO5. The van der Waals surface area contributed by atoms with Crippen LogP contribution in [-0.2, 0) is 19.1 Å². The third-order valence-electron chi connectivity index (χ3n) is 4.05. The first-order chi connectivity index (χ1) is 12.0. The van der Waals surface area contributed by atoms with Gasteiger partial charge in [-0.1, -0.05) is 30.3 Å². The maximum atomic E-state index is 12.5. The maximum absolute atomic E-state index is 12.5. The topological polar surface area (TPSA) is 72.9 Å². The molecule has 1 fully saturated rings. The summed E-state index contributed by atoms with van der Waals surface area (Å²) in [5, 5.41) is 0. The van der Waals surface area contributed by atoms with Gasteiger partial charge in [-0.2, -0.15) is 0 Å². The van der Waals surface area contributed by atoms with Gasteiger partial charge in [0.2, 0.25) is 6.10 Å². The largest absolute Gasteiger partial charge is 0.465 e. The summed E-state index contributed by atoms with van der Waals surface area (Å²) in [5.41, 5.74) is 1.88. The third kappa shape index (κ3) is 3.10. The molecular weight excluding hydrogens is 322 g/mol. The van der Waals surface area contributed by atoms with E-state index in [1.807, 2.05) is 30.3 Å². The average Bonchev–Trinajstić information content (AvgIpc) is 2.64. The predicted octanol–water partition coefficient (Wildman–Crippen LogP) is 2.49. The molecule has 0 spiro atoms. The second kappa shape index (κ2) is 6.76. The van der Waals surface area contributed by atoms with Gasteiger partial charge in [0.05, 0.1) is 12.7 Å². The van der Waals surface area contributed by atoms with Crippen molar-refractivity contribution in [1.29, 1.82) is 0 Å². The van der Waals surface area contributed by atoms with E-state index in [1.54, 1.807) is 29.2 Å². The number of benzene rings is 2. The number of methoxy groups -OCH3 is 1. The van der Waals surface area contributed by atoms with E-state index in [1.165, 1.54) is 14.0 Å². The van der Waals surface area contributed by atoms with Crippen molar-refractivity contribution in [3.8, 4) is 0 Å². The molecule has 2 aromatic rings.